The van der Waals surface area contributed by atoms with Crippen molar-refractivity contribution < 1.29 is 8.42 Å². The molecule has 86 valence electrons. The zero-order valence-corrected chi connectivity index (χ0v) is 10.5. The molecule has 0 amide bonds. The fourth-order valence-corrected chi connectivity index (χ4v) is 4.01. The van der Waals surface area contributed by atoms with Gasteiger partial charge in [-0.1, -0.05) is 6.07 Å². The Morgan fingerprint density at radius 2 is 2.00 bits per heavy atom. The van der Waals surface area contributed by atoms with Crippen LogP contribution in [0.3, 0.4) is 0 Å². The van der Waals surface area contributed by atoms with Gasteiger partial charge in [0, 0.05) is 26.2 Å². The number of hydrogen-bond donors (Lipinski definition) is 1. The lowest BCUT2D eigenvalue weighted by molar-refractivity contribution is 0.361. The molecule has 0 aliphatic carbocycles. The molecule has 2 rings (SSSR count). The topological polar surface area (TPSA) is 49.4 Å². The highest BCUT2D eigenvalue weighted by Crippen LogP contribution is 2.20. The molecule has 0 spiro atoms. The van der Waals surface area contributed by atoms with Crippen LogP contribution >= 0.6 is 23.7 Å². The van der Waals surface area contributed by atoms with E-state index >= 15 is 0 Å². The van der Waals surface area contributed by atoms with Gasteiger partial charge in [-0.3, -0.25) is 0 Å². The Hall–Kier alpha value is -0.140. The Labute approximate surface area is 99.7 Å². The summed E-state index contributed by atoms with van der Waals surface area (Å²) in [6.45, 7) is 2.62. The van der Waals surface area contributed by atoms with E-state index in [4.69, 9.17) is 0 Å². The molecule has 7 heteroatoms. The summed E-state index contributed by atoms with van der Waals surface area (Å²) in [4.78, 5) is 0. The Kier molecular flexibility index (Phi) is 4.54. The monoisotopic (exact) mass is 268 g/mol. The second-order valence-electron chi connectivity index (χ2n) is 3.09. The quantitative estimate of drug-likeness (QED) is 0.862. The van der Waals surface area contributed by atoms with Crippen molar-refractivity contribution in [3.8, 4) is 0 Å². The lowest BCUT2D eigenvalue weighted by atomic mass is 10.4. The molecule has 0 radical (unpaired) electrons. The van der Waals surface area contributed by atoms with Gasteiger partial charge in [0.25, 0.3) is 10.0 Å². The maximum atomic E-state index is 12.0. The number of nitrogens with zero attached hydrogens (tertiary/aromatic N) is 1. The minimum atomic E-state index is -3.21. The Balaban J connectivity index is 0.00000112. The van der Waals surface area contributed by atoms with E-state index in [1.165, 1.54) is 15.6 Å². The van der Waals surface area contributed by atoms with E-state index in [2.05, 4.69) is 5.32 Å². The van der Waals surface area contributed by atoms with Crippen molar-refractivity contribution in [2.75, 3.05) is 26.2 Å². The number of thiophene rings is 1. The standard InChI is InChI=1S/C8H12N2O2S2.ClH/c11-14(12,8-2-1-7-13-8)10-5-3-9-4-6-10;/h1-2,7,9H,3-6H2;1H. The van der Waals surface area contributed by atoms with E-state index < -0.39 is 10.0 Å². The van der Waals surface area contributed by atoms with Crippen LogP contribution in [0.25, 0.3) is 0 Å². The predicted octanol–water partition coefficient (Wildman–Crippen LogP) is 0.764. The van der Waals surface area contributed by atoms with Crippen LogP contribution in [-0.4, -0.2) is 38.9 Å². The van der Waals surface area contributed by atoms with Gasteiger partial charge in [-0.2, -0.15) is 4.31 Å². The van der Waals surface area contributed by atoms with Crippen LogP contribution < -0.4 is 5.32 Å². The van der Waals surface area contributed by atoms with Crippen molar-refractivity contribution in [1.82, 2.24) is 9.62 Å². The summed E-state index contributed by atoms with van der Waals surface area (Å²) in [5.41, 5.74) is 0. The van der Waals surface area contributed by atoms with E-state index in [0.717, 1.165) is 13.1 Å². The zero-order valence-electron chi connectivity index (χ0n) is 8.05. The SMILES string of the molecule is Cl.O=S(=O)(c1cccs1)N1CCNCC1. The predicted molar refractivity (Wildman–Crippen MR) is 63.2 cm³/mol. The molecule has 1 saturated heterocycles. The molecule has 1 fully saturated rings. The fourth-order valence-electron chi connectivity index (χ4n) is 1.42. The first-order valence-corrected chi connectivity index (χ1v) is 6.77. The summed E-state index contributed by atoms with van der Waals surface area (Å²) in [5, 5.41) is 4.92. The smallest absolute Gasteiger partial charge is 0.252 e. The zero-order chi connectivity index (χ0) is 10.0. The molecule has 0 bridgehead atoms. The van der Waals surface area contributed by atoms with Gasteiger partial charge in [0.2, 0.25) is 0 Å². The summed E-state index contributed by atoms with van der Waals surface area (Å²) >= 11 is 1.27. The number of halogens is 1. The summed E-state index contributed by atoms with van der Waals surface area (Å²) in [6, 6.07) is 3.42. The molecule has 0 unspecified atom stereocenters. The Bertz CT molecular complexity index is 385. The normalized spacial score (nSPS) is 18.4. The third-order valence-corrected chi connectivity index (χ3v) is 5.44. The van der Waals surface area contributed by atoms with Crippen molar-refractivity contribution in [2.24, 2.45) is 0 Å². The lowest BCUT2D eigenvalue weighted by Crippen LogP contribution is -2.46. The van der Waals surface area contributed by atoms with E-state index in [1.807, 2.05) is 0 Å². The molecule has 1 aliphatic rings. The second kappa shape index (κ2) is 5.27. The minimum Gasteiger partial charge on any atom is -0.314 e. The summed E-state index contributed by atoms with van der Waals surface area (Å²) in [7, 11) is -3.21. The van der Waals surface area contributed by atoms with E-state index in [1.54, 1.807) is 17.5 Å². The average molecular weight is 269 g/mol. The number of piperazine rings is 1. The Morgan fingerprint density at radius 3 is 2.53 bits per heavy atom. The molecular weight excluding hydrogens is 256 g/mol. The van der Waals surface area contributed by atoms with Crippen LogP contribution in [0.4, 0.5) is 0 Å². The molecule has 1 aromatic heterocycles. The molecule has 0 atom stereocenters. The molecule has 4 nitrogen and oxygen atoms in total. The number of hydrogen-bond acceptors (Lipinski definition) is 4. The van der Waals surface area contributed by atoms with Crippen LogP contribution in [0.2, 0.25) is 0 Å². The van der Waals surface area contributed by atoms with Gasteiger partial charge in [-0.15, -0.1) is 23.7 Å². The molecule has 0 saturated carbocycles. The van der Waals surface area contributed by atoms with Gasteiger partial charge in [-0.25, -0.2) is 8.42 Å². The largest absolute Gasteiger partial charge is 0.314 e. The van der Waals surface area contributed by atoms with Crippen molar-refractivity contribution in [2.45, 2.75) is 4.21 Å². The van der Waals surface area contributed by atoms with Crippen molar-refractivity contribution in [1.29, 1.82) is 0 Å². The van der Waals surface area contributed by atoms with Crippen molar-refractivity contribution in [3.05, 3.63) is 17.5 Å². The summed E-state index contributed by atoms with van der Waals surface area (Å²) < 4.78 is 25.9. The van der Waals surface area contributed by atoms with Crippen LogP contribution in [0.5, 0.6) is 0 Å². The maximum absolute atomic E-state index is 12.0. The van der Waals surface area contributed by atoms with Gasteiger partial charge >= 0.3 is 0 Å². The molecule has 15 heavy (non-hydrogen) atoms. The molecule has 1 aliphatic heterocycles. The highest BCUT2D eigenvalue weighted by molar-refractivity contribution is 7.91. The fraction of sp³-hybridized carbons (Fsp3) is 0.500. The van der Waals surface area contributed by atoms with Crippen molar-refractivity contribution in [3.63, 3.8) is 0 Å². The van der Waals surface area contributed by atoms with E-state index in [0.29, 0.717) is 17.3 Å². The van der Waals surface area contributed by atoms with Crippen LogP contribution in [0.15, 0.2) is 21.7 Å². The average Bonchev–Trinajstić information content (AvgIpc) is 2.72. The van der Waals surface area contributed by atoms with Gasteiger partial charge in [0.1, 0.15) is 4.21 Å². The van der Waals surface area contributed by atoms with Gasteiger partial charge in [0.15, 0.2) is 0 Å². The Morgan fingerprint density at radius 1 is 1.33 bits per heavy atom. The lowest BCUT2D eigenvalue weighted by Gasteiger charge is -2.25. The number of nitrogens with one attached hydrogen (secondary N) is 1. The molecule has 1 aromatic rings. The highest BCUT2D eigenvalue weighted by Gasteiger charge is 2.26. The maximum Gasteiger partial charge on any atom is 0.252 e. The van der Waals surface area contributed by atoms with Crippen LogP contribution in [-0.2, 0) is 10.0 Å². The first-order valence-electron chi connectivity index (χ1n) is 4.45. The van der Waals surface area contributed by atoms with Gasteiger partial charge < -0.3 is 5.32 Å². The third-order valence-electron chi connectivity index (χ3n) is 2.17. The minimum absolute atomic E-state index is 0. The molecular formula is C8H13ClN2O2S2. The number of sulfonamides is 1. The van der Waals surface area contributed by atoms with Gasteiger partial charge in [0.05, 0.1) is 0 Å². The summed E-state index contributed by atoms with van der Waals surface area (Å²) in [5.74, 6) is 0. The highest BCUT2D eigenvalue weighted by atomic mass is 35.5. The van der Waals surface area contributed by atoms with Crippen LogP contribution in [0.1, 0.15) is 0 Å². The molecule has 0 aromatic carbocycles. The van der Waals surface area contributed by atoms with Gasteiger partial charge in [-0.05, 0) is 11.4 Å². The van der Waals surface area contributed by atoms with E-state index in [-0.39, 0.29) is 12.4 Å². The third kappa shape index (κ3) is 2.70. The van der Waals surface area contributed by atoms with E-state index in [9.17, 15) is 8.42 Å². The second-order valence-corrected chi connectivity index (χ2v) is 6.20. The van der Waals surface area contributed by atoms with Crippen LogP contribution in [0, 0.1) is 0 Å². The molecule has 2 heterocycles. The molecule has 1 N–H and O–H groups in total. The van der Waals surface area contributed by atoms with Crippen molar-refractivity contribution >= 4 is 33.8 Å². The summed E-state index contributed by atoms with van der Waals surface area (Å²) in [6.07, 6.45) is 0. The number of rotatable bonds is 2. The first-order chi connectivity index (χ1) is 6.71. The first kappa shape index (κ1) is 12.9.